The lowest BCUT2D eigenvalue weighted by molar-refractivity contribution is 0.152. The first-order chi connectivity index (χ1) is 9.35. The van der Waals surface area contributed by atoms with Crippen LogP contribution in [0.5, 0.6) is 0 Å². The van der Waals surface area contributed by atoms with Gasteiger partial charge in [-0.1, -0.05) is 26.0 Å². The summed E-state index contributed by atoms with van der Waals surface area (Å²) in [5.41, 5.74) is 0.471. The van der Waals surface area contributed by atoms with Crippen molar-refractivity contribution in [2.45, 2.75) is 25.7 Å². The number of halogens is 3. The molecule has 0 aliphatic carbocycles. The van der Waals surface area contributed by atoms with Crippen molar-refractivity contribution in [3.05, 3.63) is 35.6 Å². The highest BCUT2D eigenvalue weighted by Crippen LogP contribution is 2.22. The van der Waals surface area contributed by atoms with Crippen LogP contribution in [0.1, 0.15) is 19.4 Å². The number of nitrogens with one attached hydrogen (secondary N) is 2. The first-order valence-electron chi connectivity index (χ1n) is 6.34. The smallest absolute Gasteiger partial charge is 0.255 e. The van der Waals surface area contributed by atoms with E-state index in [9.17, 15) is 13.2 Å². The largest absolute Gasteiger partial charge is 0.356 e. The van der Waals surface area contributed by atoms with Crippen LogP contribution in [0, 0.1) is 5.82 Å². The Labute approximate surface area is 117 Å². The SMILES string of the molecule is CN=C(NCC(F)F)NCC(C)(C)c1cccc(F)c1. The summed E-state index contributed by atoms with van der Waals surface area (Å²) < 4.78 is 37.5. The minimum atomic E-state index is -2.44. The summed E-state index contributed by atoms with van der Waals surface area (Å²) in [5, 5.41) is 5.49. The zero-order chi connectivity index (χ0) is 15.2. The van der Waals surface area contributed by atoms with E-state index in [1.807, 2.05) is 19.9 Å². The van der Waals surface area contributed by atoms with Gasteiger partial charge in [-0.15, -0.1) is 0 Å². The molecule has 1 aromatic rings. The van der Waals surface area contributed by atoms with Gasteiger partial charge in [-0.3, -0.25) is 4.99 Å². The van der Waals surface area contributed by atoms with E-state index in [0.717, 1.165) is 5.56 Å². The van der Waals surface area contributed by atoms with E-state index in [2.05, 4.69) is 15.6 Å². The summed E-state index contributed by atoms with van der Waals surface area (Å²) >= 11 is 0. The molecule has 0 saturated carbocycles. The zero-order valence-corrected chi connectivity index (χ0v) is 11.9. The van der Waals surface area contributed by atoms with E-state index in [1.54, 1.807) is 6.07 Å². The number of hydrogen-bond donors (Lipinski definition) is 2. The standard InChI is InChI=1S/C14H20F3N3/c1-14(2,10-5-4-6-11(15)7-10)9-20-13(18-3)19-8-12(16)17/h4-7,12H,8-9H2,1-3H3,(H2,18,19,20). The van der Waals surface area contributed by atoms with Crippen LogP contribution in [0.2, 0.25) is 0 Å². The van der Waals surface area contributed by atoms with Crippen LogP contribution in [0.25, 0.3) is 0 Å². The lowest BCUT2D eigenvalue weighted by atomic mass is 9.84. The van der Waals surface area contributed by atoms with Gasteiger partial charge in [0.25, 0.3) is 6.43 Å². The molecule has 0 bridgehead atoms. The summed E-state index contributed by atoms with van der Waals surface area (Å²) in [7, 11) is 1.51. The maximum atomic E-state index is 13.2. The third kappa shape index (κ3) is 5.11. The molecule has 0 saturated heterocycles. The Hall–Kier alpha value is -1.72. The van der Waals surface area contributed by atoms with Gasteiger partial charge in [0, 0.05) is 19.0 Å². The van der Waals surface area contributed by atoms with Crippen LogP contribution in [-0.4, -0.2) is 32.5 Å². The molecule has 0 unspecified atom stereocenters. The van der Waals surface area contributed by atoms with E-state index in [4.69, 9.17) is 0 Å². The maximum Gasteiger partial charge on any atom is 0.255 e. The molecule has 112 valence electrons. The monoisotopic (exact) mass is 287 g/mol. The predicted octanol–water partition coefficient (Wildman–Crippen LogP) is 2.53. The lowest BCUT2D eigenvalue weighted by Crippen LogP contribution is -2.44. The van der Waals surface area contributed by atoms with Gasteiger partial charge in [-0.05, 0) is 17.7 Å². The molecule has 0 atom stereocenters. The number of alkyl halides is 2. The van der Waals surface area contributed by atoms with Crippen LogP contribution < -0.4 is 10.6 Å². The van der Waals surface area contributed by atoms with E-state index < -0.39 is 13.0 Å². The second kappa shape index (κ2) is 7.17. The normalized spacial score (nSPS) is 12.7. The first kappa shape index (κ1) is 16.3. The van der Waals surface area contributed by atoms with Gasteiger partial charge >= 0.3 is 0 Å². The molecular formula is C14H20F3N3. The summed E-state index contributed by atoms with van der Waals surface area (Å²) in [5.74, 6) is 0.00515. The van der Waals surface area contributed by atoms with Gasteiger partial charge in [0.05, 0.1) is 6.54 Å². The fourth-order valence-electron chi connectivity index (χ4n) is 1.71. The Morgan fingerprint density at radius 3 is 2.55 bits per heavy atom. The molecule has 3 nitrogen and oxygen atoms in total. The number of nitrogens with zero attached hydrogens (tertiary/aromatic N) is 1. The molecule has 20 heavy (non-hydrogen) atoms. The molecule has 0 radical (unpaired) electrons. The fraction of sp³-hybridized carbons (Fsp3) is 0.500. The zero-order valence-electron chi connectivity index (χ0n) is 11.9. The molecule has 1 rings (SSSR count). The number of benzene rings is 1. The molecule has 0 spiro atoms. The minimum absolute atomic E-state index is 0.296. The third-order valence-corrected chi connectivity index (χ3v) is 2.95. The van der Waals surface area contributed by atoms with E-state index in [-0.39, 0.29) is 11.2 Å². The Kier molecular flexibility index (Phi) is 5.85. The van der Waals surface area contributed by atoms with Crippen LogP contribution >= 0.6 is 0 Å². The molecule has 0 aliphatic heterocycles. The van der Waals surface area contributed by atoms with Gasteiger partial charge in [0.1, 0.15) is 5.82 Å². The quantitative estimate of drug-likeness (QED) is 0.645. The average molecular weight is 287 g/mol. The number of guanidine groups is 1. The van der Waals surface area contributed by atoms with E-state index >= 15 is 0 Å². The number of rotatable bonds is 5. The summed E-state index contributed by atoms with van der Waals surface area (Å²) in [6.07, 6.45) is -2.44. The Morgan fingerprint density at radius 1 is 1.30 bits per heavy atom. The molecule has 0 heterocycles. The molecule has 0 amide bonds. The lowest BCUT2D eigenvalue weighted by Gasteiger charge is -2.26. The second-order valence-corrected chi connectivity index (χ2v) is 5.09. The summed E-state index contributed by atoms with van der Waals surface area (Å²) in [4.78, 5) is 3.86. The van der Waals surface area contributed by atoms with Crippen LogP contribution in [0.3, 0.4) is 0 Å². The van der Waals surface area contributed by atoms with E-state index in [1.165, 1.54) is 19.2 Å². The van der Waals surface area contributed by atoms with Gasteiger partial charge in [0.2, 0.25) is 0 Å². The van der Waals surface area contributed by atoms with Crippen molar-refractivity contribution >= 4 is 5.96 Å². The molecular weight excluding hydrogens is 267 g/mol. The van der Waals surface area contributed by atoms with Crippen molar-refractivity contribution in [3.63, 3.8) is 0 Å². The molecule has 2 N–H and O–H groups in total. The predicted molar refractivity (Wildman–Crippen MR) is 74.8 cm³/mol. The molecule has 6 heteroatoms. The Morgan fingerprint density at radius 2 is 2.00 bits per heavy atom. The summed E-state index contributed by atoms with van der Waals surface area (Å²) in [6, 6.07) is 6.34. The highest BCUT2D eigenvalue weighted by molar-refractivity contribution is 5.79. The van der Waals surface area contributed by atoms with Crippen LogP contribution in [0.15, 0.2) is 29.3 Å². The van der Waals surface area contributed by atoms with Gasteiger partial charge < -0.3 is 10.6 Å². The van der Waals surface area contributed by atoms with E-state index in [0.29, 0.717) is 12.5 Å². The van der Waals surface area contributed by atoms with Gasteiger partial charge in [0.15, 0.2) is 5.96 Å². The van der Waals surface area contributed by atoms with Crippen LogP contribution in [0.4, 0.5) is 13.2 Å². The highest BCUT2D eigenvalue weighted by Gasteiger charge is 2.21. The minimum Gasteiger partial charge on any atom is -0.356 e. The third-order valence-electron chi connectivity index (χ3n) is 2.95. The first-order valence-corrected chi connectivity index (χ1v) is 6.34. The Bertz CT molecular complexity index is 459. The van der Waals surface area contributed by atoms with Crippen molar-refractivity contribution in [2.24, 2.45) is 4.99 Å². The van der Waals surface area contributed by atoms with Crippen molar-refractivity contribution in [1.82, 2.24) is 10.6 Å². The van der Waals surface area contributed by atoms with Crippen LogP contribution in [-0.2, 0) is 5.41 Å². The average Bonchev–Trinajstić information content (AvgIpc) is 2.38. The Balaban J connectivity index is 2.62. The van der Waals surface area contributed by atoms with Crippen molar-refractivity contribution in [3.8, 4) is 0 Å². The highest BCUT2D eigenvalue weighted by atomic mass is 19.3. The molecule has 0 aliphatic rings. The van der Waals surface area contributed by atoms with Crippen molar-refractivity contribution in [2.75, 3.05) is 20.1 Å². The number of hydrogen-bond acceptors (Lipinski definition) is 1. The molecule has 0 aromatic heterocycles. The second-order valence-electron chi connectivity index (χ2n) is 5.09. The van der Waals surface area contributed by atoms with Crippen molar-refractivity contribution < 1.29 is 13.2 Å². The van der Waals surface area contributed by atoms with Gasteiger partial charge in [-0.2, -0.15) is 0 Å². The van der Waals surface area contributed by atoms with Crippen molar-refractivity contribution in [1.29, 1.82) is 0 Å². The topological polar surface area (TPSA) is 36.4 Å². The number of aliphatic imine (C=N–C) groups is 1. The van der Waals surface area contributed by atoms with Gasteiger partial charge in [-0.25, -0.2) is 13.2 Å². The molecule has 1 aromatic carbocycles. The summed E-state index contributed by atoms with van der Waals surface area (Å²) in [6.45, 7) is 3.86. The fourth-order valence-corrected chi connectivity index (χ4v) is 1.71. The molecule has 0 fully saturated rings. The maximum absolute atomic E-state index is 13.2.